The molecule has 0 bridgehead atoms. The van der Waals surface area contributed by atoms with E-state index in [4.69, 9.17) is 11.5 Å². The molecule has 0 unspecified atom stereocenters. The maximum absolute atomic E-state index is 12.5. The van der Waals surface area contributed by atoms with Crippen molar-refractivity contribution in [2.75, 3.05) is 13.1 Å². The van der Waals surface area contributed by atoms with E-state index in [1.54, 1.807) is 12.1 Å². The van der Waals surface area contributed by atoms with Crippen molar-refractivity contribution in [3.63, 3.8) is 0 Å². The molecule has 0 atom stereocenters. The maximum Gasteiger partial charge on any atom is 0.243 e. The zero-order valence-electron chi connectivity index (χ0n) is 11.6. The topological polar surface area (TPSA) is 106 Å². The van der Waals surface area contributed by atoms with Crippen LogP contribution in [0.4, 0.5) is 0 Å². The molecule has 0 spiro atoms. The van der Waals surface area contributed by atoms with Gasteiger partial charge in [0.15, 0.2) is 0 Å². The summed E-state index contributed by atoms with van der Waals surface area (Å²) >= 11 is 0. The van der Waals surface area contributed by atoms with E-state index in [2.05, 4.69) is 0 Å². The molecule has 0 saturated heterocycles. The Kier molecular flexibility index (Phi) is 6.12. The van der Waals surface area contributed by atoms with Gasteiger partial charge >= 0.3 is 0 Å². The molecule has 0 aliphatic rings. The number of sulfonamides is 1. The first-order chi connectivity index (χ1) is 9.41. The molecule has 6 nitrogen and oxygen atoms in total. The van der Waals surface area contributed by atoms with Gasteiger partial charge in [0.05, 0.1) is 11.4 Å². The highest BCUT2D eigenvalue weighted by Crippen LogP contribution is 2.17. The summed E-state index contributed by atoms with van der Waals surface area (Å²) in [4.78, 5) is 11.2. The van der Waals surface area contributed by atoms with Crippen molar-refractivity contribution in [2.24, 2.45) is 11.5 Å². The van der Waals surface area contributed by atoms with Gasteiger partial charge in [-0.1, -0.05) is 25.5 Å². The van der Waals surface area contributed by atoms with E-state index in [0.29, 0.717) is 13.0 Å². The van der Waals surface area contributed by atoms with Gasteiger partial charge in [-0.15, -0.1) is 0 Å². The van der Waals surface area contributed by atoms with Gasteiger partial charge in [-0.25, -0.2) is 8.42 Å². The first kappa shape index (κ1) is 16.6. The van der Waals surface area contributed by atoms with Gasteiger partial charge in [0.2, 0.25) is 15.9 Å². The van der Waals surface area contributed by atoms with Crippen LogP contribution in [0.1, 0.15) is 25.3 Å². The standard InChI is InChI=1S/C13H21N3O3S/c1-2-3-8-16(10-13(15)17)20(18,19)12-6-4-11(9-14)5-7-12/h4-7H,2-3,8-10,14H2,1H3,(H2,15,17). The molecular weight excluding hydrogens is 278 g/mol. The molecular formula is C13H21N3O3S. The second-order valence-corrected chi connectivity index (χ2v) is 6.44. The van der Waals surface area contributed by atoms with Crippen LogP contribution < -0.4 is 11.5 Å². The number of carbonyl (C=O) groups excluding carboxylic acids is 1. The lowest BCUT2D eigenvalue weighted by atomic mass is 10.2. The number of carbonyl (C=O) groups is 1. The lowest BCUT2D eigenvalue weighted by molar-refractivity contribution is -0.118. The molecule has 1 rings (SSSR count). The minimum absolute atomic E-state index is 0.145. The van der Waals surface area contributed by atoms with Gasteiger partial charge in [0.25, 0.3) is 0 Å². The van der Waals surface area contributed by atoms with E-state index in [-0.39, 0.29) is 18.0 Å². The van der Waals surface area contributed by atoms with E-state index >= 15 is 0 Å². The molecule has 0 fully saturated rings. The zero-order valence-corrected chi connectivity index (χ0v) is 12.4. The molecule has 20 heavy (non-hydrogen) atoms. The number of benzene rings is 1. The largest absolute Gasteiger partial charge is 0.369 e. The molecule has 0 heterocycles. The molecule has 7 heteroatoms. The van der Waals surface area contributed by atoms with E-state index < -0.39 is 15.9 Å². The van der Waals surface area contributed by atoms with Crippen molar-refractivity contribution < 1.29 is 13.2 Å². The Morgan fingerprint density at radius 1 is 1.25 bits per heavy atom. The Bertz CT molecular complexity index is 540. The number of unbranched alkanes of at least 4 members (excludes halogenated alkanes) is 1. The Morgan fingerprint density at radius 2 is 1.85 bits per heavy atom. The van der Waals surface area contributed by atoms with E-state index in [1.807, 2.05) is 6.92 Å². The van der Waals surface area contributed by atoms with E-state index in [1.165, 1.54) is 12.1 Å². The van der Waals surface area contributed by atoms with Crippen molar-refractivity contribution in [2.45, 2.75) is 31.2 Å². The van der Waals surface area contributed by atoms with Crippen LogP contribution in [-0.2, 0) is 21.4 Å². The van der Waals surface area contributed by atoms with Crippen molar-refractivity contribution in [1.82, 2.24) is 4.31 Å². The van der Waals surface area contributed by atoms with Crippen LogP contribution in [-0.4, -0.2) is 31.7 Å². The molecule has 0 aliphatic carbocycles. The van der Waals surface area contributed by atoms with Crippen LogP contribution in [0.2, 0.25) is 0 Å². The number of amides is 1. The van der Waals surface area contributed by atoms with Crippen LogP contribution in [0.3, 0.4) is 0 Å². The van der Waals surface area contributed by atoms with Gasteiger partial charge in [-0.3, -0.25) is 4.79 Å². The monoisotopic (exact) mass is 299 g/mol. The van der Waals surface area contributed by atoms with Crippen LogP contribution in [0.15, 0.2) is 29.2 Å². The second-order valence-electron chi connectivity index (χ2n) is 4.51. The predicted molar refractivity (Wildman–Crippen MR) is 77.2 cm³/mol. The van der Waals surface area contributed by atoms with Crippen LogP contribution in [0.5, 0.6) is 0 Å². The number of nitrogens with two attached hydrogens (primary N) is 2. The molecule has 0 saturated carbocycles. The molecule has 0 aromatic heterocycles. The molecule has 4 N–H and O–H groups in total. The summed E-state index contributed by atoms with van der Waals surface area (Å²) in [6.07, 6.45) is 1.50. The number of rotatable bonds is 8. The number of hydrogen-bond donors (Lipinski definition) is 2. The third kappa shape index (κ3) is 4.29. The lowest BCUT2D eigenvalue weighted by Gasteiger charge is -2.20. The van der Waals surface area contributed by atoms with Crippen molar-refractivity contribution in [1.29, 1.82) is 0 Å². The van der Waals surface area contributed by atoms with Crippen molar-refractivity contribution in [3.05, 3.63) is 29.8 Å². The predicted octanol–water partition coefficient (Wildman–Crippen LogP) is 0.421. The Morgan fingerprint density at radius 3 is 2.30 bits per heavy atom. The Balaban J connectivity index is 3.03. The van der Waals surface area contributed by atoms with Gasteiger partial charge in [0, 0.05) is 13.1 Å². The molecule has 1 amide bonds. The number of nitrogens with zero attached hydrogens (tertiary/aromatic N) is 1. The maximum atomic E-state index is 12.5. The number of hydrogen-bond acceptors (Lipinski definition) is 4. The van der Waals surface area contributed by atoms with Gasteiger partial charge in [0.1, 0.15) is 0 Å². The highest BCUT2D eigenvalue weighted by atomic mass is 32.2. The van der Waals surface area contributed by atoms with Gasteiger partial charge in [-0.05, 0) is 24.1 Å². The van der Waals surface area contributed by atoms with Gasteiger partial charge < -0.3 is 11.5 Å². The van der Waals surface area contributed by atoms with E-state index in [0.717, 1.165) is 16.3 Å². The fourth-order valence-electron chi connectivity index (χ4n) is 1.74. The second kappa shape index (κ2) is 7.37. The molecule has 1 aromatic rings. The average molecular weight is 299 g/mol. The summed E-state index contributed by atoms with van der Waals surface area (Å²) in [5.74, 6) is -0.664. The van der Waals surface area contributed by atoms with Crippen molar-refractivity contribution in [3.8, 4) is 0 Å². The quantitative estimate of drug-likeness (QED) is 0.725. The molecule has 1 aromatic carbocycles. The SMILES string of the molecule is CCCCN(CC(N)=O)S(=O)(=O)c1ccc(CN)cc1. The lowest BCUT2D eigenvalue weighted by Crippen LogP contribution is -2.39. The third-order valence-electron chi connectivity index (χ3n) is 2.89. The minimum atomic E-state index is -3.70. The highest BCUT2D eigenvalue weighted by molar-refractivity contribution is 7.89. The average Bonchev–Trinajstić information content (AvgIpc) is 2.43. The summed E-state index contributed by atoms with van der Waals surface area (Å²) in [6.45, 7) is 2.27. The van der Waals surface area contributed by atoms with Crippen LogP contribution in [0, 0.1) is 0 Å². The Hall–Kier alpha value is -1.44. The normalized spacial score (nSPS) is 11.8. The number of primary amides is 1. The summed E-state index contributed by atoms with van der Waals surface area (Å²) in [6, 6.07) is 6.32. The van der Waals surface area contributed by atoms with Crippen LogP contribution in [0.25, 0.3) is 0 Å². The first-order valence-electron chi connectivity index (χ1n) is 6.49. The third-order valence-corrected chi connectivity index (χ3v) is 4.75. The minimum Gasteiger partial charge on any atom is -0.369 e. The van der Waals surface area contributed by atoms with Crippen LogP contribution >= 0.6 is 0 Å². The molecule has 0 radical (unpaired) electrons. The highest BCUT2D eigenvalue weighted by Gasteiger charge is 2.25. The summed E-state index contributed by atoms with van der Waals surface area (Å²) in [5, 5.41) is 0. The summed E-state index contributed by atoms with van der Waals surface area (Å²) in [7, 11) is -3.70. The smallest absolute Gasteiger partial charge is 0.243 e. The Labute approximate surface area is 119 Å². The van der Waals surface area contributed by atoms with Gasteiger partial charge in [-0.2, -0.15) is 4.31 Å². The summed E-state index contributed by atoms with van der Waals surface area (Å²) in [5.41, 5.74) is 11.4. The first-order valence-corrected chi connectivity index (χ1v) is 7.93. The fourth-order valence-corrected chi connectivity index (χ4v) is 3.18. The zero-order chi connectivity index (χ0) is 15.2. The van der Waals surface area contributed by atoms with Crippen molar-refractivity contribution >= 4 is 15.9 Å². The van der Waals surface area contributed by atoms with E-state index in [9.17, 15) is 13.2 Å². The summed E-state index contributed by atoms with van der Waals surface area (Å²) < 4.78 is 26.0. The fraction of sp³-hybridized carbons (Fsp3) is 0.462. The molecule has 112 valence electrons. The molecule has 0 aliphatic heterocycles.